The number of amides is 1. The van der Waals surface area contributed by atoms with Crippen LogP contribution in [0, 0.1) is 5.41 Å². The highest BCUT2D eigenvalue weighted by Gasteiger charge is 2.40. The van der Waals surface area contributed by atoms with Crippen molar-refractivity contribution in [2.75, 3.05) is 19.7 Å². The third-order valence-electron chi connectivity index (χ3n) is 6.94. The van der Waals surface area contributed by atoms with Crippen molar-refractivity contribution in [2.45, 2.75) is 45.6 Å². The fourth-order valence-electron chi connectivity index (χ4n) is 5.03. The number of carbonyl (C=O) groups is 2. The van der Waals surface area contributed by atoms with Crippen LogP contribution >= 0.6 is 11.3 Å². The number of benzene rings is 1. The number of H-pyrrole nitrogens is 1. The summed E-state index contributed by atoms with van der Waals surface area (Å²) in [5.74, 6) is -0.661. The van der Waals surface area contributed by atoms with E-state index >= 15 is 0 Å². The van der Waals surface area contributed by atoms with Gasteiger partial charge in [-0.3, -0.25) is 4.79 Å². The Morgan fingerprint density at radius 3 is 2.65 bits per heavy atom. The van der Waals surface area contributed by atoms with Gasteiger partial charge in [0.1, 0.15) is 11.4 Å². The predicted molar refractivity (Wildman–Crippen MR) is 128 cm³/mol. The number of hydrogen-bond donors (Lipinski definition) is 1. The maximum Gasteiger partial charge on any atom is 0.410 e. The van der Waals surface area contributed by atoms with E-state index in [0.717, 1.165) is 43.2 Å². The molecule has 3 aromatic rings. The van der Waals surface area contributed by atoms with Crippen LogP contribution in [0.5, 0.6) is 0 Å². The second-order valence-electron chi connectivity index (χ2n) is 9.02. The molecule has 1 amide bonds. The van der Waals surface area contributed by atoms with E-state index in [9.17, 15) is 14.4 Å². The molecule has 1 spiro atoms. The van der Waals surface area contributed by atoms with Gasteiger partial charge >= 0.3 is 12.1 Å². The Morgan fingerprint density at radius 2 is 1.91 bits per heavy atom. The molecule has 34 heavy (non-hydrogen) atoms. The van der Waals surface area contributed by atoms with Gasteiger partial charge in [-0.1, -0.05) is 30.3 Å². The number of esters is 1. The lowest BCUT2D eigenvalue weighted by Crippen LogP contribution is -2.45. The first-order chi connectivity index (χ1) is 16.5. The van der Waals surface area contributed by atoms with Gasteiger partial charge in [-0.2, -0.15) is 0 Å². The average molecular weight is 482 g/mol. The van der Waals surface area contributed by atoms with Crippen molar-refractivity contribution in [1.29, 1.82) is 0 Å². The molecule has 2 aromatic heterocycles. The summed E-state index contributed by atoms with van der Waals surface area (Å²) >= 11 is 1.50. The average Bonchev–Trinajstić information content (AvgIpc) is 3.21. The Hall–Kier alpha value is -3.20. The first-order valence-electron chi connectivity index (χ1n) is 11.7. The number of thiophene rings is 1. The van der Waals surface area contributed by atoms with Gasteiger partial charge in [-0.25, -0.2) is 14.6 Å². The molecule has 0 atom stereocenters. The molecule has 1 fully saturated rings. The Balaban J connectivity index is 1.26. The van der Waals surface area contributed by atoms with Gasteiger partial charge in [0.2, 0.25) is 5.82 Å². The highest BCUT2D eigenvalue weighted by atomic mass is 32.1. The fourth-order valence-corrected chi connectivity index (χ4v) is 6.43. The maximum atomic E-state index is 12.7. The number of carbonyl (C=O) groups excluding carboxylic acids is 2. The van der Waals surface area contributed by atoms with E-state index in [-0.39, 0.29) is 36.1 Å². The van der Waals surface area contributed by atoms with Crippen LogP contribution in [-0.4, -0.2) is 46.6 Å². The number of nitrogens with one attached hydrogen (secondary N) is 1. The molecule has 9 heteroatoms. The molecular weight excluding hydrogens is 454 g/mol. The fraction of sp³-hybridized carbons (Fsp3) is 0.440. The van der Waals surface area contributed by atoms with Gasteiger partial charge in [0.25, 0.3) is 5.56 Å². The number of likely N-dealkylation sites (tertiary alicyclic amines) is 1. The Bertz CT molecular complexity index is 1270. The van der Waals surface area contributed by atoms with Crippen molar-refractivity contribution in [3.05, 3.63) is 62.5 Å². The number of aromatic amines is 1. The molecule has 2 aliphatic rings. The molecule has 0 bridgehead atoms. The predicted octanol–water partition coefficient (Wildman–Crippen LogP) is 4.07. The summed E-state index contributed by atoms with van der Waals surface area (Å²) in [5, 5.41) is 0.602. The molecule has 3 heterocycles. The lowest BCUT2D eigenvalue weighted by Gasteiger charge is -2.43. The van der Waals surface area contributed by atoms with Crippen molar-refractivity contribution in [2.24, 2.45) is 5.41 Å². The quantitative estimate of drug-likeness (QED) is 0.564. The number of ether oxygens (including phenoxy) is 2. The highest BCUT2D eigenvalue weighted by Crippen LogP contribution is 2.47. The molecular formula is C25H27N3O5S. The van der Waals surface area contributed by atoms with Crippen LogP contribution < -0.4 is 5.56 Å². The van der Waals surface area contributed by atoms with Crippen LogP contribution in [-0.2, 0) is 28.9 Å². The van der Waals surface area contributed by atoms with E-state index in [4.69, 9.17) is 9.47 Å². The van der Waals surface area contributed by atoms with Crippen molar-refractivity contribution < 1.29 is 19.1 Å². The zero-order valence-corrected chi connectivity index (χ0v) is 19.9. The van der Waals surface area contributed by atoms with E-state index in [1.807, 2.05) is 30.3 Å². The summed E-state index contributed by atoms with van der Waals surface area (Å²) in [6, 6.07) is 9.69. The van der Waals surface area contributed by atoms with Crippen LogP contribution in [0.2, 0.25) is 0 Å². The molecule has 1 saturated heterocycles. The second-order valence-corrected chi connectivity index (χ2v) is 10.1. The summed E-state index contributed by atoms with van der Waals surface area (Å²) in [4.78, 5) is 47.9. The number of hydrogen-bond acceptors (Lipinski definition) is 7. The van der Waals surface area contributed by atoms with Crippen LogP contribution in [0.1, 0.15) is 52.8 Å². The molecule has 5 rings (SSSR count). The summed E-state index contributed by atoms with van der Waals surface area (Å²) in [6.45, 7) is 3.55. The van der Waals surface area contributed by atoms with Crippen LogP contribution in [0.4, 0.5) is 4.79 Å². The van der Waals surface area contributed by atoms with Crippen LogP contribution in [0.3, 0.4) is 0 Å². The monoisotopic (exact) mass is 481 g/mol. The number of nitrogens with zero attached hydrogens (tertiary/aromatic N) is 2. The van der Waals surface area contributed by atoms with E-state index < -0.39 is 5.97 Å². The highest BCUT2D eigenvalue weighted by molar-refractivity contribution is 7.18. The van der Waals surface area contributed by atoms with Gasteiger partial charge in [0.15, 0.2) is 0 Å². The molecule has 8 nitrogen and oxygen atoms in total. The van der Waals surface area contributed by atoms with Crippen LogP contribution in [0.15, 0.2) is 35.1 Å². The first-order valence-corrected chi connectivity index (χ1v) is 12.5. The smallest absolute Gasteiger partial charge is 0.410 e. The van der Waals surface area contributed by atoms with Gasteiger partial charge in [-0.15, -0.1) is 11.3 Å². The standard InChI is InChI=1S/C25H27N3O5S/c1-2-32-23(30)20-26-21(29)19-17-8-9-25(14-18(17)34-22(19)27-20)10-12-28(13-11-25)24(31)33-15-16-6-4-3-5-7-16/h3-7H,2,8-15H2,1H3,(H,26,27,29). The number of fused-ring (bicyclic) bond motifs is 3. The molecule has 0 radical (unpaired) electrons. The molecule has 1 aliphatic carbocycles. The van der Waals surface area contributed by atoms with E-state index in [2.05, 4.69) is 9.97 Å². The van der Waals surface area contributed by atoms with Crippen molar-refractivity contribution in [1.82, 2.24) is 14.9 Å². The zero-order chi connectivity index (χ0) is 23.7. The minimum absolute atomic E-state index is 0.0463. The van der Waals surface area contributed by atoms with Crippen molar-refractivity contribution in [3.63, 3.8) is 0 Å². The normalized spacial score (nSPS) is 16.9. The lowest BCUT2D eigenvalue weighted by atomic mass is 9.68. The lowest BCUT2D eigenvalue weighted by molar-refractivity contribution is 0.0511. The third-order valence-corrected chi connectivity index (χ3v) is 8.07. The summed E-state index contributed by atoms with van der Waals surface area (Å²) in [5.41, 5.74) is 1.86. The Kier molecular flexibility index (Phi) is 6.12. The molecule has 1 N–H and O–H groups in total. The maximum absolute atomic E-state index is 12.7. The molecule has 0 unspecified atom stereocenters. The largest absolute Gasteiger partial charge is 0.460 e. The minimum Gasteiger partial charge on any atom is -0.460 e. The number of aryl methyl sites for hydroxylation is 1. The number of piperidine rings is 1. The van der Waals surface area contributed by atoms with E-state index in [1.165, 1.54) is 16.2 Å². The Morgan fingerprint density at radius 1 is 1.15 bits per heavy atom. The SMILES string of the molecule is CCOC(=O)c1nc2sc3c(c2c(=O)[nH]1)CCC1(CCN(C(=O)OCc2ccccc2)CC1)C3. The molecule has 1 aromatic carbocycles. The van der Waals surface area contributed by atoms with Crippen molar-refractivity contribution >= 4 is 33.6 Å². The number of aromatic nitrogens is 2. The second kappa shape index (κ2) is 9.21. The van der Waals surface area contributed by atoms with Gasteiger partial charge in [0.05, 0.1) is 12.0 Å². The molecule has 1 aliphatic heterocycles. The summed E-state index contributed by atoms with van der Waals surface area (Å²) in [7, 11) is 0. The minimum atomic E-state index is -0.615. The Labute approximate surface area is 200 Å². The summed E-state index contributed by atoms with van der Waals surface area (Å²) in [6.07, 6.45) is 4.18. The number of rotatable bonds is 4. The van der Waals surface area contributed by atoms with Crippen LogP contribution in [0.25, 0.3) is 10.2 Å². The molecule has 178 valence electrons. The van der Waals surface area contributed by atoms with Gasteiger partial charge in [0, 0.05) is 18.0 Å². The van der Waals surface area contributed by atoms with Crippen molar-refractivity contribution in [3.8, 4) is 0 Å². The third kappa shape index (κ3) is 4.32. The van der Waals surface area contributed by atoms with E-state index in [0.29, 0.717) is 23.3 Å². The molecule has 0 saturated carbocycles. The zero-order valence-electron chi connectivity index (χ0n) is 19.1. The van der Waals surface area contributed by atoms with Gasteiger partial charge in [-0.05, 0) is 55.6 Å². The summed E-state index contributed by atoms with van der Waals surface area (Å²) < 4.78 is 10.5. The topological polar surface area (TPSA) is 102 Å². The van der Waals surface area contributed by atoms with E-state index in [1.54, 1.807) is 11.8 Å². The van der Waals surface area contributed by atoms with Gasteiger partial charge < -0.3 is 19.4 Å². The first kappa shape index (κ1) is 22.6.